The summed E-state index contributed by atoms with van der Waals surface area (Å²) in [5.41, 5.74) is 1.12. The van der Waals surface area contributed by atoms with Crippen LogP contribution < -0.4 is 37.7 Å². The fourth-order valence-electron chi connectivity index (χ4n) is 5.25. The molecule has 0 aliphatic rings. The summed E-state index contributed by atoms with van der Waals surface area (Å²) in [7, 11) is -3.10. The lowest BCUT2D eigenvalue weighted by Gasteiger charge is -2.32. The van der Waals surface area contributed by atoms with Crippen LogP contribution in [-0.2, 0) is 19.0 Å². The predicted octanol–water partition coefficient (Wildman–Crippen LogP) is 4.80. The maximum atomic E-state index is 13.5. The van der Waals surface area contributed by atoms with Crippen LogP contribution in [0.2, 0.25) is 0 Å². The molecule has 16 nitrogen and oxygen atoms in total. The molecule has 0 unspecified atom stereocenters. The second-order valence-corrected chi connectivity index (χ2v) is 12.8. The summed E-state index contributed by atoms with van der Waals surface area (Å²) >= 11 is 0. The van der Waals surface area contributed by atoms with E-state index < -0.39 is 37.3 Å². The zero-order valence-electron chi connectivity index (χ0n) is 29.7. The Morgan fingerprint density at radius 1 is 0.980 bits per heavy atom. The molecular formula is C34H50N5O11P. The van der Waals surface area contributed by atoms with Crippen molar-refractivity contribution in [2.45, 2.75) is 65.8 Å². The molecule has 0 bridgehead atoms. The Labute approximate surface area is 297 Å². The molecule has 0 saturated carbocycles. The number of methoxy groups -OCH3 is 1. The standard InChI is InChI=1S/C34H44N3O11P.2H3N/c1-6-9-10-11-28(29(7-2)37(21-38)48-34(41)27-13-12-24(45-5)16-22(27)4)32(39)35-20-36-33(40)31-15-14-30(47-31)23-17-25(46-8-3)19-26(18-23)49(42,43)44;;/h12-19,21,28-29H,6-11,20H2,1-5H3,(H,35,39)(H,36,40)(H2,42,43,44);2*1H3/t28-,29-;;/m1../s1. The zero-order valence-corrected chi connectivity index (χ0v) is 30.6. The molecule has 17 heteroatoms. The Hall–Kier alpha value is -4.73. The summed E-state index contributed by atoms with van der Waals surface area (Å²) in [6, 6.07) is 10.9. The number of ether oxygens (including phenoxy) is 2. The Bertz CT molecular complexity index is 1660. The first-order chi connectivity index (χ1) is 23.4. The maximum absolute atomic E-state index is 13.5. The molecule has 10 N–H and O–H groups in total. The number of unbranched alkanes of at least 4 members (excludes halogenated alkanes) is 2. The molecule has 3 amide bonds. The highest BCUT2D eigenvalue weighted by molar-refractivity contribution is 7.60. The minimum atomic E-state index is -4.61. The lowest BCUT2D eigenvalue weighted by Crippen LogP contribution is -2.49. The van der Waals surface area contributed by atoms with Crippen LogP contribution in [0.3, 0.4) is 0 Å². The van der Waals surface area contributed by atoms with Gasteiger partial charge in [0.25, 0.3) is 5.91 Å². The first-order valence-corrected chi connectivity index (χ1v) is 17.6. The van der Waals surface area contributed by atoms with Gasteiger partial charge in [-0.25, -0.2) is 4.79 Å². The minimum absolute atomic E-state index is 0. The average molecular weight is 736 g/mol. The summed E-state index contributed by atoms with van der Waals surface area (Å²) in [5.74, 6) is -1.79. The van der Waals surface area contributed by atoms with Gasteiger partial charge < -0.3 is 51.4 Å². The molecule has 3 aromatic rings. The number of carbonyl (C=O) groups excluding carboxylic acids is 4. The van der Waals surface area contributed by atoms with E-state index in [1.165, 1.54) is 43.5 Å². The number of carbonyl (C=O) groups is 4. The molecule has 2 aromatic carbocycles. The van der Waals surface area contributed by atoms with Crippen molar-refractivity contribution in [1.29, 1.82) is 0 Å². The number of amides is 3. The Kier molecular flexibility index (Phi) is 18.1. The number of furan rings is 1. The molecule has 0 saturated heterocycles. The van der Waals surface area contributed by atoms with Crippen molar-refractivity contribution < 1.29 is 52.3 Å². The van der Waals surface area contributed by atoms with Gasteiger partial charge in [0.2, 0.25) is 12.3 Å². The third-order valence-electron chi connectivity index (χ3n) is 7.78. The summed E-state index contributed by atoms with van der Waals surface area (Å²) < 4.78 is 28.2. The zero-order chi connectivity index (χ0) is 36.1. The van der Waals surface area contributed by atoms with Gasteiger partial charge in [0, 0.05) is 5.56 Å². The van der Waals surface area contributed by atoms with Crippen LogP contribution in [0.4, 0.5) is 0 Å². The quantitative estimate of drug-likeness (QED) is 0.0318. The van der Waals surface area contributed by atoms with E-state index in [1.54, 1.807) is 32.9 Å². The van der Waals surface area contributed by atoms with E-state index in [1.807, 2.05) is 6.92 Å². The van der Waals surface area contributed by atoms with Gasteiger partial charge in [-0.3, -0.25) is 18.9 Å². The molecule has 0 aliphatic heterocycles. The van der Waals surface area contributed by atoms with Crippen LogP contribution in [-0.4, -0.2) is 65.5 Å². The van der Waals surface area contributed by atoms with E-state index >= 15 is 0 Å². The van der Waals surface area contributed by atoms with Crippen molar-refractivity contribution in [2.24, 2.45) is 5.92 Å². The molecular weight excluding hydrogens is 685 g/mol. The van der Waals surface area contributed by atoms with Crippen LogP contribution >= 0.6 is 7.60 Å². The highest BCUT2D eigenvalue weighted by Crippen LogP contribution is 2.37. The molecule has 51 heavy (non-hydrogen) atoms. The van der Waals surface area contributed by atoms with E-state index in [0.29, 0.717) is 42.5 Å². The van der Waals surface area contributed by atoms with Crippen LogP contribution in [0.15, 0.2) is 52.9 Å². The number of aryl methyl sites for hydroxylation is 1. The van der Waals surface area contributed by atoms with Crippen molar-refractivity contribution in [3.8, 4) is 22.8 Å². The Balaban J connectivity index is 0.00000650. The SMILES string of the molecule is CCCCC[C@@H](C(=O)NCNC(=O)c1ccc(-c2cc(OCC)cc(P(=O)(O)O)c2)o1)[C@@H](CC)N(C=O)OC(=O)c1ccc(OC)cc1C.N.N. The maximum Gasteiger partial charge on any atom is 0.363 e. The average Bonchev–Trinajstić information content (AvgIpc) is 3.57. The molecule has 282 valence electrons. The molecule has 0 radical (unpaired) electrons. The second-order valence-electron chi connectivity index (χ2n) is 11.2. The van der Waals surface area contributed by atoms with Crippen molar-refractivity contribution in [2.75, 3.05) is 20.4 Å². The molecule has 2 atom stereocenters. The first-order valence-electron chi connectivity index (χ1n) is 16.0. The number of hydrogen-bond acceptors (Lipinski definition) is 11. The van der Waals surface area contributed by atoms with Crippen molar-refractivity contribution in [1.82, 2.24) is 28.0 Å². The fourth-order valence-corrected chi connectivity index (χ4v) is 5.85. The van der Waals surface area contributed by atoms with Crippen molar-refractivity contribution in [3.63, 3.8) is 0 Å². The third-order valence-corrected chi connectivity index (χ3v) is 8.71. The monoisotopic (exact) mass is 735 g/mol. The summed E-state index contributed by atoms with van der Waals surface area (Å²) in [4.78, 5) is 76.4. The number of benzene rings is 2. The number of rotatable bonds is 19. The molecule has 3 rings (SSSR count). The molecule has 1 aromatic heterocycles. The van der Waals surface area contributed by atoms with E-state index in [9.17, 15) is 33.5 Å². The van der Waals surface area contributed by atoms with E-state index in [2.05, 4.69) is 10.6 Å². The number of hydroxylamine groups is 2. The highest BCUT2D eigenvalue weighted by Gasteiger charge is 2.34. The summed E-state index contributed by atoms with van der Waals surface area (Å²) in [6.45, 7) is 7.22. The van der Waals surface area contributed by atoms with Gasteiger partial charge in [-0.15, -0.1) is 0 Å². The van der Waals surface area contributed by atoms with Crippen molar-refractivity contribution >= 4 is 37.1 Å². The van der Waals surface area contributed by atoms with Gasteiger partial charge >= 0.3 is 13.6 Å². The van der Waals surface area contributed by atoms with E-state index in [4.69, 9.17) is 18.7 Å². The van der Waals surface area contributed by atoms with Crippen LogP contribution in [0.5, 0.6) is 11.5 Å². The van der Waals surface area contributed by atoms with Gasteiger partial charge in [0.05, 0.1) is 43.2 Å². The molecule has 0 fully saturated rings. The number of nitrogens with zero attached hydrogens (tertiary/aromatic N) is 1. The normalized spacial score (nSPS) is 11.9. The van der Waals surface area contributed by atoms with Crippen molar-refractivity contribution in [3.05, 3.63) is 65.4 Å². The summed E-state index contributed by atoms with van der Waals surface area (Å²) in [5, 5.41) is 5.85. The lowest BCUT2D eigenvalue weighted by molar-refractivity contribution is -0.171. The van der Waals surface area contributed by atoms with Crippen LogP contribution in [0.1, 0.15) is 79.4 Å². The smallest absolute Gasteiger partial charge is 0.363 e. The van der Waals surface area contributed by atoms with Gasteiger partial charge in [-0.05, 0) is 80.8 Å². The van der Waals surface area contributed by atoms with Gasteiger partial charge in [-0.2, -0.15) is 5.06 Å². The second kappa shape index (κ2) is 20.8. The van der Waals surface area contributed by atoms with Crippen LogP contribution in [0, 0.1) is 12.8 Å². The molecule has 0 spiro atoms. The van der Waals surface area contributed by atoms with Crippen LogP contribution in [0.25, 0.3) is 11.3 Å². The van der Waals surface area contributed by atoms with Gasteiger partial charge in [0.15, 0.2) is 5.76 Å². The first kappa shape index (κ1) is 44.3. The number of hydrogen-bond donors (Lipinski definition) is 6. The fraction of sp³-hybridized carbons (Fsp3) is 0.412. The Morgan fingerprint density at radius 3 is 2.29 bits per heavy atom. The largest absolute Gasteiger partial charge is 0.497 e. The molecule has 0 aliphatic carbocycles. The van der Waals surface area contributed by atoms with Gasteiger partial charge in [0.1, 0.15) is 17.3 Å². The Morgan fingerprint density at radius 2 is 1.71 bits per heavy atom. The van der Waals surface area contributed by atoms with E-state index in [0.717, 1.165) is 17.9 Å². The summed E-state index contributed by atoms with van der Waals surface area (Å²) in [6.07, 6.45) is 3.49. The van der Waals surface area contributed by atoms with E-state index in [-0.39, 0.29) is 53.7 Å². The van der Waals surface area contributed by atoms with Gasteiger partial charge in [-0.1, -0.05) is 33.1 Å². The third kappa shape index (κ3) is 12.2. The minimum Gasteiger partial charge on any atom is -0.497 e. The topological polar surface area (TPSA) is 264 Å². The number of nitrogens with one attached hydrogen (secondary N) is 2. The highest BCUT2D eigenvalue weighted by atomic mass is 31.2. The molecule has 1 heterocycles. The lowest BCUT2D eigenvalue weighted by atomic mass is 9.90. The predicted molar refractivity (Wildman–Crippen MR) is 190 cm³/mol.